The average Bonchev–Trinajstić information content (AvgIpc) is 3.30. The van der Waals surface area contributed by atoms with Gasteiger partial charge in [-0.3, -0.25) is 4.79 Å². The first kappa shape index (κ1) is 16.9. The number of benzene rings is 1. The summed E-state index contributed by atoms with van der Waals surface area (Å²) in [6.07, 6.45) is 3.32. The molecular formula is C19H22N2O5. The Morgan fingerprint density at radius 2 is 2.15 bits per heavy atom. The second kappa shape index (κ2) is 7.37. The number of carbonyl (C=O) groups is 1. The highest BCUT2D eigenvalue weighted by atomic mass is 16.7. The van der Waals surface area contributed by atoms with Gasteiger partial charge in [0.25, 0.3) is 0 Å². The SMILES string of the molecule is C[C@H]1CCCCN1C(=O)COCc1cc(-c2ccc3c(c2)OCO3)on1. The number of piperidine rings is 1. The van der Waals surface area contributed by atoms with Crippen molar-refractivity contribution in [2.24, 2.45) is 0 Å². The number of nitrogens with zero attached hydrogens (tertiary/aromatic N) is 2. The van der Waals surface area contributed by atoms with Gasteiger partial charge in [-0.2, -0.15) is 0 Å². The fourth-order valence-electron chi connectivity index (χ4n) is 3.36. The van der Waals surface area contributed by atoms with Crippen molar-refractivity contribution in [1.29, 1.82) is 0 Å². The number of amides is 1. The highest BCUT2D eigenvalue weighted by molar-refractivity contribution is 5.77. The number of hydrogen-bond acceptors (Lipinski definition) is 6. The summed E-state index contributed by atoms with van der Waals surface area (Å²) in [5.74, 6) is 2.08. The Morgan fingerprint density at radius 3 is 3.04 bits per heavy atom. The van der Waals surface area contributed by atoms with Gasteiger partial charge >= 0.3 is 0 Å². The monoisotopic (exact) mass is 358 g/mol. The molecule has 0 bridgehead atoms. The van der Waals surface area contributed by atoms with Crippen LogP contribution in [0.5, 0.6) is 11.5 Å². The van der Waals surface area contributed by atoms with Crippen molar-refractivity contribution < 1.29 is 23.5 Å². The molecule has 1 aromatic heterocycles. The fraction of sp³-hybridized carbons (Fsp3) is 0.474. The van der Waals surface area contributed by atoms with Crippen LogP contribution in [0.25, 0.3) is 11.3 Å². The molecule has 2 aromatic rings. The van der Waals surface area contributed by atoms with E-state index in [2.05, 4.69) is 12.1 Å². The third kappa shape index (κ3) is 3.53. The standard InChI is InChI=1S/C19H22N2O5/c1-13-4-2-3-7-21(13)19(22)11-23-10-15-9-17(26-20-15)14-5-6-16-18(8-14)25-12-24-16/h5-6,8-9,13H,2-4,7,10-12H2,1H3/t13-/m0/s1. The number of likely N-dealkylation sites (tertiary alicyclic amines) is 1. The number of rotatable bonds is 5. The van der Waals surface area contributed by atoms with Crippen molar-refractivity contribution in [2.45, 2.75) is 38.8 Å². The molecule has 138 valence electrons. The minimum Gasteiger partial charge on any atom is -0.454 e. The van der Waals surface area contributed by atoms with Crippen LogP contribution in [0.15, 0.2) is 28.8 Å². The zero-order valence-electron chi connectivity index (χ0n) is 14.8. The van der Waals surface area contributed by atoms with Gasteiger partial charge < -0.3 is 23.6 Å². The molecule has 1 aromatic carbocycles. The van der Waals surface area contributed by atoms with E-state index in [1.807, 2.05) is 29.2 Å². The maximum atomic E-state index is 12.3. The Labute approximate surface area is 151 Å². The van der Waals surface area contributed by atoms with Gasteiger partial charge in [0, 0.05) is 24.2 Å². The molecule has 1 atom stereocenters. The van der Waals surface area contributed by atoms with Crippen molar-refractivity contribution in [3.05, 3.63) is 30.0 Å². The maximum absolute atomic E-state index is 12.3. The number of hydrogen-bond donors (Lipinski definition) is 0. The topological polar surface area (TPSA) is 74.0 Å². The summed E-state index contributed by atoms with van der Waals surface area (Å²) in [5, 5.41) is 4.01. The summed E-state index contributed by atoms with van der Waals surface area (Å²) in [4.78, 5) is 14.2. The third-order valence-electron chi connectivity index (χ3n) is 4.81. The molecule has 0 spiro atoms. The molecule has 1 saturated heterocycles. The van der Waals surface area contributed by atoms with Gasteiger partial charge in [-0.1, -0.05) is 5.16 Å². The molecule has 3 heterocycles. The summed E-state index contributed by atoms with van der Waals surface area (Å²) in [6.45, 7) is 3.45. The molecule has 4 rings (SSSR count). The maximum Gasteiger partial charge on any atom is 0.248 e. The molecule has 26 heavy (non-hydrogen) atoms. The van der Waals surface area contributed by atoms with Gasteiger partial charge in [-0.15, -0.1) is 0 Å². The van der Waals surface area contributed by atoms with Crippen molar-refractivity contribution in [3.8, 4) is 22.8 Å². The molecule has 7 heteroatoms. The van der Waals surface area contributed by atoms with E-state index >= 15 is 0 Å². The molecule has 1 fully saturated rings. The number of ether oxygens (including phenoxy) is 3. The van der Waals surface area contributed by atoms with Crippen LogP contribution in [0, 0.1) is 0 Å². The summed E-state index contributed by atoms with van der Waals surface area (Å²) < 4.78 is 21.6. The Balaban J connectivity index is 1.32. The lowest BCUT2D eigenvalue weighted by molar-refractivity contribution is -0.139. The Morgan fingerprint density at radius 1 is 1.27 bits per heavy atom. The molecule has 1 amide bonds. The molecule has 0 unspecified atom stereocenters. The van der Waals surface area contributed by atoms with Crippen molar-refractivity contribution in [1.82, 2.24) is 10.1 Å². The van der Waals surface area contributed by atoms with E-state index in [1.54, 1.807) is 0 Å². The predicted molar refractivity (Wildman–Crippen MR) is 92.7 cm³/mol. The van der Waals surface area contributed by atoms with Crippen LogP contribution in [0.2, 0.25) is 0 Å². The van der Waals surface area contributed by atoms with Crippen molar-refractivity contribution >= 4 is 5.91 Å². The van der Waals surface area contributed by atoms with Gasteiger partial charge in [0.1, 0.15) is 12.3 Å². The first-order valence-corrected chi connectivity index (χ1v) is 8.93. The molecule has 0 N–H and O–H groups in total. The van der Waals surface area contributed by atoms with E-state index in [0.29, 0.717) is 23.2 Å². The minimum atomic E-state index is 0.0386. The van der Waals surface area contributed by atoms with E-state index in [4.69, 9.17) is 18.7 Å². The smallest absolute Gasteiger partial charge is 0.248 e. The van der Waals surface area contributed by atoms with Crippen LogP contribution in [0.3, 0.4) is 0 Å². The normalized spacial score (nSPS) is 19.0. The molecule has 0 radical (unpaired) electrons. The predicted octanol–water partition coefficient (Wildman–Crippen LogP) is 2.99. The largest absolute Gasteiger partial charge is 0.454 e. The van der Waals surface area contributed by atoms with Crippen LogP contribution in [-0.4, -0.2) is 42.0 Å². The molecule has 7 nitrogen and oxygen atoms in total. The molecule has 2 aliphatic rings. The van der Waals surface area contributed by atoms with Crippen LogP contribution >= 0.6 is 0 Å². The second-order valence-corrected chi connectivity index (χ2v) is 6.68. The minimum absolute atomic E-state index is 0.0386. The lowest BCUT2D eigenvalue weighted by Crippen LogP contribution is -2.43. The molecule has 2 aliphatic heterocycles. The Hall–Kier alpha value is -2.54. The average molecular weight is 358 g/mol. The van der Waals surface area contributed by atoms with E-state index in [9.17, 15) is 4.79 Å². The van der Waals surface area contributed by atoms with Crippen LogP contribution in [0.1, 0.15) is 31.9 Å². The highest BCUT2D eigenvalue weighted by Gasteiger charge is 2.23. The first-order chi connectivity index (χ1) is 12.7. The van der Waals surface area contributed by atoms with E-state index in [1.165, 1.54) is 6.42 Å². The molecule has 0 saturated carbocycles. The number of carbonyl (C=O) groups excluding carboxylic acids is 1. The first-order valence-electron chi connectivity index (χ1n) is 8.93. The van der Waals surface area contributed by atoms with Gasteiger partial charge in [-0.05, 0) is 44.4 Å². The summed E-state index contributed by atoms with van der Waals surface area (Å²) in [5.41, 5.74) is 1.50. The third-order valence-corrected chi connectivity index (χ3v) is 4.81. The van der Waals surface area contributed by atoms with E-state index in [0.717, 1.165) is 30.7 Å². The number of aromatic nitrogens is 1. The second-order valence-electron chi connectivity index (χ2n) is 6.68. The van der Waals surface area contributed by atoms with Crippen LogP contribution < -0.4 is 9.47 Å². The summed E-state index contributed by atoms with van der Waals surface area (Å²) in [7, 11) is 0. The lowest BCUT2D eigenvalue weighted by atomic mass is 10.0. The van der Waals surface area contributed by atoms with Crippen molar-refractivity contribution in [2.75, 3.05) is 19.9 Å². The van der Waals surface area contributed by atoms with Gasteiger partial charge in [0.2, 0.25) is 12.7 Å². The Bertz CT molecular complexity index is 788. The summed E-state index contributed by atoms with van der Waals surface area (Å²) >= 11 is 0. The quantitative estimate of drug-likeness (QED) is 0.818. The van der Waals surface area contributed by atoms with Crippen LogP contribution in [-0.2, 0) is 16.1 Å². The zero-order valence-corrected chi connectivity index (χ0v) is 14.8. The number of fused-ring (bicyclic) bond motifs is 1. The zero-order chi connectivity index (χ0) is 17.9. The fourth-order valence-corrected chi connectivity index (χ4v) is 3.36. The van der Waals surface area contributed by atoms with Gasteiger partial charge in [-0.25, -0.2) is 0 Å². The summed E-state index contributed by atoms with van der Waals surface area (Å²) in [6, 6.07) is 7.69. The molecule has 0 aliphatic carbocycles. The highest BCUT2D eigenvalue weighted by Crippen LogP contribution is 2.36. The lowest BCUT2D eigenvalue weighted by Gasteiger charge is -2.33. The van der Waals surface area contributed by atoms with E-state index in [-0.39, 0.29) is 25.9 Å². The van der Waals surface area contributed by atoms with E-state index < -0.39 is 0 Å². The Kier molecular flexibility index (Phi) is 4.79. The van der Waals surface area contributed by atoms with Gasteiger partial charge in [0.05, 0.1) is 6.61 Å². The molecular weight excluding hydrogens is 336 g/mol. The van der Waals surface area contributed by atoms with Crippen molar-refractivity contribution in [3.63, 3.8) is 0 Å². The van der Waals surface area contributed by atoms with Crippen LogP contribution in [0.4, 0.5) is 0 Å². The van der Waals surface area contributed by atoms with Gasteiger partial charge in [0.15, 0.2) is 17.3 Å².